The smallest absolute Gasteiger partial charge is 0.251 e. The van der Waals surface area contributed by atoms with E-state index in [4.69, 9.17) is 0 Å². The molecule has 2 saturated heterocycles. The number of amides is 1. The molecule has 1 aromatic carbocycles. The SMILES string of the molecule is O=C(NC1CCN([C@@H]2CCS(=O)(=O)C2)CC1)c1ccc2nc[nH]c2c1. The van der Waals surface area contributed by atoms with Crippen LogP contribution in [0.5, 0.6) is 0 Å². The quantitative estimate of drug-likeness (QED) is 0.847. The highest BCUT2D eigenvalue weighted by Crippen LogP contribution is 2.22. The van der Waals surface area contributed by atoms with Crippen molar-refractivity contribution in [2.24, 2.45) is 0 Å². The molecule has 4 rings (SSSR count). The van der Waals surface area contributed by atoms with Gasteiger partial charge in [0.05, 0.1) is 28.9 Å². The summed E-state index contributed by atoms with van der Waals surface area (Å²) in [5, 5.41) is 3.10. The fraction of sp³-hybridized carbons (Fsp3) is 0.529. The van der Waals surface area contributed by atoms with Crippen molar-refractivity contribution in [3.63, 3.8) is 0 Å². The number of hydrogen-bond donors (Lipinski definition) is 2. The Labute approximate surface area is 146 Å². The molecule has 7 nitrogen and oxygen atoms in total. The van der Waals surface area contributed by atoms with Gasteiger partial charge in [-0.05, 0) is 37.5 Å². The van der Waals surface area contributed by atoms with Gasteiger partial charge in [0.15, 0.2) is 9.84 Å². The van der Waals surface area contributed by atoms with E-state index in [1.54, 1.807) is 12.4 Å². The molecular formula is C17H22N4O3S. The molecule has 2 aromatic rings. The number of carbonyl (C=O) groups excluding carboxylic acids is 1. The number of H-pyrrole nitrogens is 1. The molecule has 2 fully saturated rings. The van der Waals surface area contributed by atoms with Crippen molar-refractivity contribution < 1.29 is 13.2 Å². The lowest BCUT2D eigenvalue weighted by Crippen LogP contribution is -2.48. The maximum Gasteiger partial charge on any atom is 0.251 e. The molecule has 2 N–H and O–H groups in total. The van der Waals surface area contributed by atoms with E-state index in [0.29, 0.717) is 11.3 Å². The number of sulfone groups is 1. The van der Waals surface area contributed by atoms with E-state index in [1.165, 1.54) is 0 Å². The lowest BCUT2D eigenvalue weighted by molar-refractivity contribution is 0.0898. The molecule has 25 heavy (non-hydrogen) atoms. The third-order valence-electron chi connectivity index (χ3n) is 5.27. The number of rotatable bonds is 3. The number of nitrogens with zero attached hydrogens (tertiary/aromatic N) is 2. The molecule has 0 spiro atoms. The zero-order chi connectivity index (χ0) is 17.4. The topological polar surface area (TPSA) is 95.2 Å². The average molecular weight is 362 g/mol. The number of aromatic nitrogens is 2. The third kappa shape index (κ3) is 3.55. The van der Waals surface area contributed by atoms with Gasteiger partial charge in [0.1, 0.15) is 0 Å². The molecule has 0 unspecified atom stereocenters. The van der Waals surface area contributed by atoms with E-state index in [2.05, 4.69) is 20.2 Å². The molecule has 134 valence electrons. The second kappa shape index (κ2) is 6.42. The molecule has 0 aliphatic carbocycles. The summed E-state index contributed by atoms with van der Waals surface area (Å²) in [7, 11) is -2.85. The normalized spacial score (nSPS) is 24.6. The fourth-order valence-electron chi connectivity index (χ4n) is 3.82. The first kappa shape index (κ1) is 16.5. The van der Waals surface area contributed by atoms with Gasteiger partial charge >= 0.3 is 0 Å². The molecule has 1 aromatic heterocycles. The number of aromatic amines is 1. The number of likely N-dealkylation sites (tertiary alicyclic amines) is 1. The largest absolute Gasteiger partial charge is 0.349 e. The number of nitrogens with one attached hydrogen (secondary N) is 2. The standard InChI is InChI=1S/C17H22N4O3S/c22-17(12-1-2-15-16(9-12)19-11-18-15)20-13-3-6-21(7-4-13)14-5-8-25(23,24)10-14/h1-2,9,11,13-14H,3-8,10H2,(H,18,19)(H,20,22)/t14-/m1/s1. The first-order valence-corrected chi connectivity index (χ1v) is 10.5. The first-order chi connectivity index (χ1) is 12.0. The lowest BCUT2D eigenvalue weighted by Gasteiger charge is -2.35. The Morgan fingerprint density at radius 3 is 2.76 bits per heavy atom. The van der Waals surface area contributed by atoms with E-state index in [0.717, 1.165) is 43.4 Å². The molecule has 1 atom stereocenters. The summed E-state index contributed by atoms with van der Waals surface area (Å²) in [6, 6.07) is 5.74. The van der Waals surface area contributed by atoms with Crippen LogP contribution in [0.25, 0.3) is 11.0 Å². The fourth-order valence-corrected chi connectivity index (χ4v) is 5.58. The Morgan fingerprint density at radius 2 is 2.04 bits per heavy atom. The highest BCUT2D eigenvalue weighted by Gasteiger charge is 2.34. The number of piperidine rings is 1. The van der Waals surface area contributed by atoms with Crippen molar-refractivity contribution in [1.82, 2.24) is 20.2 Å². The van der Waals surface area contributed by atoms with Gasteiger partial charge in [0.2, 0.25) is 0 Å². The monoisotopic (exact) mass is 362 g/mol. The van der Waals surface area contributed by atoms with E-state index in [1.807, 2.05) is 12.1 Å². The molecular weight excluding hydrogens is 340 g/mol. The van der Waals surface area contributed by atoms with Crippen molar-refractivity contribution >= 4 is 26.8 Å². The van der Waals surface area contributed by atoms with Gasteiger partial charge in [-0.15, -0.1) is 0 Å². The summed E-state index contributed by atoms with van der Waals surface area (Å²) in [5.41, 5.74) is 2.32. The van der Waals surface area contributed by atoms with Crippen LogP contribution in [0, 0.1) is 0 Å². The number of benzene rings is 1. The van der Waals surface area contributed by atoms with Crippen LogP contribution in [-0.4, -0.2) is 65.9 Å². The van der Waals surface area contributed by atoms with Gasteiger partial charge in [0, 0.05) is 30.7 Å². The Morgan fingerprint density at radius 1 is 1.24 bits per heavy atom. The van der Waals surface area contributed by atoms with Crippen LogP contribution in [0.15, 0.2) is 24.5 Å². The summed E-state index contributed by atoms with van der Waals surface area (Å²) in [4.78, 5) is 21.9. The maximum atomic E-state index is 12.5. The molecule has 2 aliphatic rings. The molecule has 2 aliphatic heterocycles. The second-order valence-corrected chi connectivity index (χ2v) is 9.20. The second-order valence-electron chi connectivity index (χ2n) is 6.98. The van der Waals surface area contributed by atoms with Crippen molar-refractivity contribution in [3.05, 3.63) is 30.1 Å². The van der Waals surface area contributed by atoms with Crippen LogP contribution in [0.3, 0.4) is 0 Å². The van der Waals surface area contributed by atoms with E-state index < -0.39 is 9.84 Å². The third-order valence-corrected chi connectivity index (χ3v) is 7.02. The predicted molar refractivity (Wildman–Crippen MR) is 95.2 cm³/mol. The first-order valence-electron chi connectivity index (χ1n) is 8.69. The maximum absolute atomic E-state index is 12.5. The van der Waals surface area contributed by atoms with E-state index >= 15 is 0 Å². The minimum absolute atomic E-state index is 0.0709. The van der Waals surface area contributed by atoms with Gasteiger partial charge in [-0.3, -0.25) is 9.69 Å². The van der Waals surface area contributed by atoms with Crippen LogP contribution in [-0.2, 0) is 9.84 Å². The van der Waals surface area contributed by atoms with Crippen LogP contribution in [0.1, 0.15) is 29.6 Å². The Kier molecular flexibility index (Phi) is 4.24. The molecule has 1 amide bonds. The van der Waals surface area contributed by atoms with Crippen molar-refractivity contribution in [2.75, 3.05) is 24.6 Å². The minimum atomic E-state index is -2.85. The van der Waals surface area contributed by atoms with E-state index in [-0.39, 0.29) is 23.7 Å². The van der Waals surface area contributed by atoms with Gasteiger partial charge in [-0.2, -0.15) is 0 Å². The highest BCUT2D eigenvalue weighted by atomic mass is 32.2. The molecule has 0 saturated carbocycles. The molecule has 0 bridgehead atoms. The van der Waals surface area contributed by atoms with Gasteiger partial charge in [-0.1, -0.05) is 0 Å². The zero-order valence-corrected chi connectivity index (χ0v) is 14.8. The zero-order valence-electron chi connectivity index (χ0n) is 13.9. The van der Waals surface area contributed by atoms with Gasteiger partial charge < -0.3 is 10.3 Å². The average Bonchev–Trinajstić information content (AvgIpc) is 3.20. The van der Waals surface area contributed by atoms with Crippen LogP contribution >= 0.6 is 0 Å². The lowest BCUT2D eigenvalue weighted by atomic mass is 10.0. The van der Waals surface area contributed by atoms with Crippen molar-refractivity contribution in [1.29, 1.82) is 0 Å². The summed E-state index contributed by atoms with van der Waals surface area (Å²) >= 11 is 0. The summed E-state index contributed by atoms with van der Waals surface area (Å²) < 4.78 is 23.3. The van der Waals surface area contributed by atoms with Crippen LogP contribution in [0.2, 0.25) is 0 Å². The molecule has 8 heteroatoms. The number of carbonyl (C=O) groups is 1. The van der Waals surface area contributed by atoms with E-state index in [9.17, 15) is 13.2 Å². The highest BCUT2D eigenvalue weighted by molar-refractivity contribution is 7.91. The number of hydrogen-bond acceptors (Lipinski definition) is 5. The number of fused-ring (bicyclic) bond motifs is 1. The summed E-state index contributed by atoms with van der Waals surface area (Å²) in [5.74, 6) is 0.525. The van der Waals surface area contributed by atoms with Gasteiger partial charge in [-0.25, -0.2) is 13.4 Å². The van der Waals surface area contributed by atoms with Crippen LogP contribution < -0.4 is 5.32 Å². The Hall–Kier alpha value is -1.93. The van der Waals surface area contributed by atoms with Gasteiger partial charge in [0.25, 0.3) is 5.91 Å². The Bertz CT molecular complexity index is 884. The molecule has 3 heterocycles. The van der Waals surface area contributed by atoms with Crippen LogP contribution in [0.4, 0.5) is 0 Å². The van der Waals surface area contributed by atoms with Crippen molar-refractivity contribution in [2.45, 2.75) is 31.3 Å². The summed E-state index contributed by atoms with van der Waals surface area (Å²) in [6.45, 7) is 1.68. The molecule has 0 radical (unpaired) electrons. The number of imidazole rings is 1. The predicted octanol–water partition coefficient (Wildman–Crippen LogP) is 0.944. The van der Waals surface area contributed by atoms with Crippen molar-refractivity contribution in [3.8, 4) is 0 Å². The minimum Gasteiger partial charge on any atom is -0.349 e. The Balaban J connectivity index is 1.33. The summed E-state index contributed by atoms with van der Waals surface area (Å²) in [6.07, 6.45) is 4.07.